The summed E-state index contributed by atoms with van der Waals surface area (Å²) in [5.74, 6) is 1.42. The van der Waals surface area contributed by atoms with E-state index < -0.39 is 10.0 Å². The quantitative estimate of drug-likeness (QED) is 0.545. The largest absolute Gasteiger partial charge is 0.497 e. The summed E-state index contributed by atoms with van der Waals surface area (Å²) in [4.78, 5) is 9.20. The number of nitrogens with one attached hydrogen (secondary N) is 1. The summed E-state index contributed by atoms with van der Waals surface area (Å²) in [6, 6.07) is 12.8. The number of aromatic nitrogens is 3. The summed E-state index contributed by atoms with van der Waals surface area (Å²) in [5, 5.41) is 0.547. The average molecular weight is 417 g/mol. The maximum atomic E-state index is 11.9. The number of anilines is 1. The molecule has 0 bridgehead atoms. The van der Waals surface area contributed by atoms with Gasteiger partial charge in [-0.15, -0.1) is 0 Å². The molecule has 0 fully saturated rings. The number of hydrogen-bond donors (Lipinski definition) is 1. The molecule has 0 atom stereocenters. The Kier molecular flexibility index (Phi) is 4.40. The number of fused-ring (bicyclic) bond motifs is 3. The molecule has 0 saturated heterocycles. The number of methoxy groups -OCH3 is 1. The molecule has 0 aliphatic carbocycles. The van der Waals surface area contributed by atoms with Crippen molar-refractivity contribution in [3.63, 3.8) is 0 Å². The Morgan fingerprint density at radius 2 is 1.89 bits per heavy atom. The molecule has 1 N–H and O–H groups in total. The fourth-order valence-electron chi connectivity index (χ4n) is 3.19. The van der Waals surface area contributed by atoms with Crippen LogP contribution in [0.15, 0.2) is 42.5 Å². The highest BCUT2D eigenvalue weighted by atomic mass is 35.5. The summed E-state index contributed by atoms with van der Waals surface area (Å²) in [7, 11) is -1.98. The number of imidazole rings is 1. The standard InChI is InChI=1S/C19H17ClN4O3S/c1-11-17-18(23-28(3,25)26)22-15-10-12(27-2)8-9-16(15)24(17)19(21-11)13-6-4-5-7-14(13)20/h4-10H,1-3H3,(H,22,23). The van der Waals surface area contributed by atoms with E-state index in [-0.39, 0.29) is 5.82 Å². The molecule has 0 amide bonds. The second kappa shape index (κ2) is 6.65. The summed E-state index contributed by atoms with van der Waals surface area (Å²) < 4.78 is 33.5. The van der Waals surface area contributed by atoms with E-state index >= 15 is 0 Å². The van der Waals surface area contributed by atoms with E-state index in [0.717, 1.165) is 17.3 Å². The van der Waals surface area contributed by atoms with Gasteiger partial charge >= 0.3 is 0 Å². The second-order valence-corrected chi connectivity index (χ2v) is 8.53. The molecule has 0 spiro atoms. The highest BCUT2D eigenvalue weighted by Gasteiger charge is 2.21. The normalized spacial score (nSPS) is 11.9. The molecule has 9 heteroatoms. The van der Waals surface area contributed by atoms with E-state index in [2.05, 4.69) is 14.7 Å². The first-order valence-corrected chi connectivity index (χ1v) is 10.6. The lowest BCUT2D eigenvalue weighted by Crippen LogP contribution is -2.12. The first-order valence-electron chi connectivity index (χ1n) is 8.38. The maximum absolute atomic E-state index is 11.9. The van der Waals surface area contributed by atoms with Crippen LogP contribution in [0.2, 0.25) is 5.02 Å². The van der Waals surface area contributed by atoms with Crippen molar-refractivity contribution in [2.45, 2.75) is 6.92 Å². The Balaban J connectivity index is 2.17. The molecule has 2 heterocycles. The van der Waals surface area contributed by atoms with E-state index in [1.54, 1.807) is 26.2 Å². The van der Waals surface area contributed by atoms with Crippen molar-refractivity contribution in [1.29, 1.82) is 0 Å². The molecule has 4 rings (SSSR count). The third kappa shape index (κ3) is 3.14. The molecular weight excluding hydrogens is 400 g/mol. The zero-order valence-corrected chi connectivity index (χ0v) is 17.0. The number of rotatable bonds is 4. The van der Waals surface area contributed by atoms with Crippen molar-refractivity contribution in [2.75, 3.05) is 18.1 Å². The fourth-order valence-corrected chi connectivity index (χ4v) is 3.91. The Morgan fingerprint density at radius 1 is 1.14 bits per heavy atom. The lowest BCUT2D eigenvalue weighted by atomic mass is 10.2. The molecular formula is C19H17ClN4O3S. The van der Waals surface area contributed by atoms with Gasteiger partial charge in [-0.3, -0.25) is 9.12 Å². The monoisotopic (exact) mass is 416 g/mol. The van der Waals surface area contributed by atoms with Crippen molar-refractivity contribution in [3.05, 3.63) is 53.2 Å². The minimum absolute atomic E-state index is 0.201. The van der Waals surface area contributed by atoms with Gasteiger partial charge in [-0.25, -0.2) is 18.4 Å². The molecule has 0 saturated carbocycles. The number of hydrogen-bond acceptors (Lipinski definition) is 5. The van der Waals surface area contributed by atoms with Gasteiger partial charge in [0.05, 0.1) is 35.1 Å². The van der Waals surface area contributed by atoms with Gasteiger partial charge in [0.15, 0.2) is 5.82 Å². The molecule has 0 aliphatic heterocycles. The number of ether oxygens (including phenoxy) is 1. The Bertz CT molecular complexity index is 1330. The summed E-state index contributed by atoms with van der Waals surface area (Å²) >= 11 is 6.41. The highest BCUT2D eigenvalue weighted by molar-refractivity contribution is 7.92. The molecule has 4 aromatic rings. The van der Waals surface area contributed by atoms with E-state index in [1.165, 1.54) is 0 Å². The van der Waals surface area contributed by atoms with Gasteiger partial charge in [-0.2, -0.15) is 0 Å². The van der Waals surface area contributed by atoms with Crippen LogP contribution in [0.5, 0.6) is 5.75 Å². The zero-order chi connectivity index (χ0) is 20.1. The molecule has 28 heavy (non-hydrogen) atoms. The molecule has 0 aliphatic rings. The molecule has 0 unspecified atom stereocenters. The van der Waals surface area contributed by atoms with Crippen LogP contribution >= 0.6 is 11.6 Å². The lowest BCUT2D eigenvalue weighted by molar-refractivity contribution is 0.415. The van der Waals surface area contributed by atoms with E-state index in [1.807, 2.05) is 34.7 Å². The van der Waals surface area contributed by atoms with Gasteiger partial charge in [0.2, 0.25) is 10.0 Å². The first-order chi connectivity index (χ1) is 13.3. The number of sulfonamides is 1. The molecule has 2 aromatic carbocycles. The van der Waals surface area contributed by atoms with Crippen LogP contribution in [0.4, 0.5) is 5.82 Å². The molecule has 0 radical (unpaired) electrons. The van der Waals surface area contributed by atoms with Gasteiger partial charge in [0.1, 0.15) is 17.1 Å². The third-order valence-corrected chi connectivity index (χ3v) is 5.22. The Hall–Kier alpha value is -2.84. The van der Waals surface area contributed by atoms with Crippen LogP contribution in [0.3, 0.4) is 0 Å². The van der Waals surface area contributed by atoms with Crippen LogP contribution in [-0.4, -0.2) is 36.2 Å². The number of aryl methyl sites for hydroxylation is 1. The van der Waals surface area contributed by atoms with Crippen LogP contribution in [0, 0.1) is 6.92 Å². The van der Waals surface area contributed by atoms with Gasteiger partial charge < -0.3 is 4.74 Å². The minimum Gasteiger partial charge on any atom is -0.497 e. The number of benzene rings is 2. The Labute approximate surface area is 167 Å². The van der Waals surface area contributed by atoms with Crippen molar-refractivity contribution >= 4 is 44.0 Å². The second-order valence-electron chi connectivity index (χ2n) is 6.37. The SMILES string of the molecule is COc1ccc2c(c1)nc(NS(C)(=O)=O)c1c(C)nc(-c3ccccc3Cl)n12. The third-order valence-electron chi connectivity index (χ3n) is 4.33. The zero-order valence-electron chi connectivity index (χ0n) is 15.4. The summed E-state index contributed by atoms with van der Waals surface area (Å²) in [5.41, 5.74) is 3.25. The molecule has 7 nitrogen and oxygen atoms in total. The Morgan fingerprint density at radius 3 is 2.57 bits per heavy atom. The summed E-state index contributed by atoms with van der Waals surface area (Å²) in [6.07, 6.45) is 1.08. The van der Waals surface area contributed by atoms with E-state index in [0.29, 0.717) is 33.3 Å². The van der Waals surface area contributed by atoms with Gasteiger partial charge in [0, 0.05) is 11.6 Å². The predicted octanol–water partition coefficient (Wildman–Crippen LogP) is 3.89. The maximum Gasteiger partial charge on any atom is 0.231 e. The highest BCUT2D eigenvalue weighted by Crippen LogP contribution is 2.34. The van der Waals surface area contributed by atoms with Gasteiger partial charge in [-0.1, -0.05) is 23.7 Å². The minimum atomic E-state index is -3.54. The van der Waals surface area contributed by atoms with E-state index in [4.69, 9.17) is 16.3 Å². The fraction of sp³-hybridized carbons (Fsp3) is 0.158. The van der Waals surface area contributed by atoms with Crippen LogP contribution in [-0.2, 0) is 10.0 Å². The molecule has 144 valence electrons. The predicted molar refractivity (Wildman–Crippen MR) is 111 cm³/mol. The van der Waals surface area contributed by atoms with Gasteiger partial charge in [0.25, 0.3) is 0 Å². The van der Waals surface area contributed by atoms with Crippen molar-refractivity contribution in [1.82, 2.24) is 14.4 Å². The van der Waals surface area contributed by atoms with Crippen molar-refractivity contribution < 1.29 is 13.2 Å². The topological polar surface area (TPSA) is 85.6 Å². The van der Waals surface area contributed by atoms with Crippen molar-refractivity contribution in [2.24, 2.45) is 0 Å². The lowest BCUT2D eigenvalue weighted by Gasteiger charge is -2.12. The first kappa shape index (κ1) is 18.5. The average Bonchev–Trinajstić information content (AvgIpc) is 2.98. The van der Waals surface area contributed by atoms with Crippen molar-refractivity contribution in [3.8, 4) is 17.1 Å². The van der Waals surface area contributed by atoms with Crippen LogP contribution in [0.1, 0.15) is 5.69 Å². The molecule has 2 aromatic heterocycles. The number of halogens is 1. The van der Waals surface area contributed by atoms with Gasteiger partial charge in [-0.05, 0) is 31.2 Å². The van der Waals surface area contributed by atoms with Crippen LogP contribution in [0.25, 0.3) is 27.9 Å². The number of nitrogens with zero attached hydrogens (tertiary/aromatic N) is 3. The van der Waals surface area contributed by atoms with E-state index in [9.17, 15) is 8.42 Å². The summed E-state index contributed by atoms with van der Waals surface area (Å²) in [6.45, 7) is 1.81. The smallest absolute Gasteiger partial charge is 0.231 e. The van der Waals surface area contributed by atoms with Crippen LogP contribution < -0.4 is 9.46 Å².